The second-order valence-corrected chi connectivity index (χ2v) is 16.4. The van der Waals surface area contributed by atoms with Crippen LogP contribution in [0.1, 0.15) is 16.8 Å². The molecule has 0 aromatic heterocycles. The summed E-state index contributed by atoms with van der Waals surface area (Å²) < 4.78 is 42.3. The predicted octanol–water partition coefficient (Wildman–Crippen LogP) is 5.11. The Balaban J connectivity index is 1.20. The summed E-state index contributed by atoms with van der Waals surface area (Å²) in [5, 5.41) is 13.8. The van der Waals surface area contributed by atoms with E-state index in [0.717, 1.165) is 6.16 Å². The molecule has 7 nitrogen and oxygen atoms in total. The van der Waals surface area contributed by atoms with Crippen LogP contribution in [-0.2, 0) is 19.0 Å². The Morgan fingerprint density at radius 3 is 1.63 bits per heavy atom. The minimum absolute atomic E-state index is 0.0102. The molecule has 0 saturated carbocycles. The number of carbonyl (C=O) groups is 1. The van der Waals surface area contributed by atoms with Crippen molar-refractivity contribution in [3.63, 3.8) is 0 Å². The summed E-state index contributed by atoms with van der Waals surface area (Å²) in [6.45, 7) is -0.303. The van der Waals surface area contributed by atoms with Gasteiger partial charge in [0.05, 0.1) is 0 Å². The number of esters is 1. The molecule has 0 saturated heterocycles. The zero-order valence-corrected chi connectivity index (χ0v) is 27.1. The second-order valence-electron chi connectivity index (χ2n) is 10.8. The van der Waals surface area contributed by atoms with Gasteiger partial charge in [0, 0.05) is 0 Å². The van der Waals surface area contributed by atoms with Crippen LogP contribution in [0.4, 0.5) is 0 Å². The number of aliphatic hydroxyl groups excluding tert-OH is 1. The molecular formula is C37H37O7PS. The fraction of sp³-hybridized carbons (Fsp3) is 0.162. The van der Waals surface area contributed by atoms with Crippen molar-refractivity contribution < 1.29 is 32.0 Å². The van der Waals surface area contributed by atoms with Gasteiger partial charge in [0.2, 0.25) is 0 Å². The number of rotatable bonds is 15. The zero-order chi connectivity index (χ0) is 32.2. The number of hydrogen-bond donors (Lipinski definition) is 1. The molecule has 0 bridgehead atoms. The van der Waals surface area contributed by atoms with Gasteiger partial charge < -0.3 is 9.84 Å². The van der Waals surface area contributed by atoms with Crippen molar-refractivity contribution in [2.75, 3.05) is 26.0 Å². The molecule has 5 rings (SSSR count). The molecule has 5 aromatic rings. The first-order chi connectivity index (χ1) is 22.4. The molecule has 0 aliphatic rings. The van der Waals surface area contributed by atoms with Crippen molar-refractivity contribution in [1.29, 1.82) is 0 Å². The van der Waals surface area contributed by atoms with Gasteiger partial charge in [0.15, 0.2) is 0 Å². The molecule has 5 aromatic carbocycles. The predicted molar refractivity (Wildman–Crippen MR) is 184 cm³/mol. The van der Waals surface area contributed by atoms with Crippen LogP contribution in [0.2, 0.25) is 0 Å². The van der Waals surface area contributed by atoms with E-state index in [0.29, 0.717) is 12.2 Å². The van der Waals surface area contributed by atoms with E-state index < -0.39 is 29.5 Å². The van der Waals surface area contributed by atoms with Gasteiger partial charge >= 0.3 is 213 Å². The van der Waals surface area contributed by atoms with Crippen LogP contribution in [0, 0.1) is 0 Å². The maximum absolute atomic E-state index is 13.1. The average Bonchev–Trinajstić information content (AvgIpc) is 3.11. The molecule has 1 unspecified atom stereocenters. The Kier molecular flexibility index (Phi) is 11.3. The molecule has 238 valence electrons. The van der Waals surface area contributed by atoms with Gasteiger partial charge in [-0.3, -0.25) is 0 Å². The van der Waals surface area contributed by atoms with E-state index in [1.807, 2.05) is 72.8 Å². The average molecular weight is 657 g/mol. The van der Waals surface area contributed by atoms with Crippen molar-refractivity contribution in [2.45, 2.75) is 17.4 Å². The van der Waals surface area contributed by atoms with Gasteiger partial charge in [-0.15, -0.1) is 0 Å². The van der Waals surface area contributed by atoms with Crippen molar-refractivity contribution in [2.24, 2.45) is 0 Å². The van der Waals surface area contributed by atoms with Crippen LogP contribution in [-0.4, -0.2) is 51.6 Å². The number of para-hydroxylation sites is 1. The van der Waals surface area contributed by atoms with Gasteiger partial charge in [-0.05, 0) is 12.1 Å². The molecule has 0 amide bonds. The molecule has 0 aliphatic heterocycles. The van der Waals surface area contributed by atoms with Gasteiger partial charge in [-0.25, -0.2) is 0 Å². The number of ether oxygens (including phenoxy) is 2. The number of aliphatic hydroxyl groups is 1. The molecule has 0 spiro atoms. The first-order valence-corrected chi connectivity index (χ1v) is 18.7. The van der Waals surface area contributed by atoms with Crippen LogP contribution in [0.25, 0.3) is 0 Å². The molecule has 0 radical (unpaired) electrons. The Hall–Kier alpha value is -4.33. The Morgan fingerprint density at radius 1 is 0.652 bits per heavy atom. The molecule has 9 heteroatoms. The maximum atomic E-state index is 13.1. The number of benzene rings is 5. The second kappa shape index (κ2) is 15.8. The molecule has 1 N–H and O–H groups in total. The molecule has 1 atom stereocenters. The van der Waals surface area contributed by atoms with Crippen molar-refractivity contribution in [3.8, 4) is 5.75 Å². The van der Waals surface area contributed by atoms with E-state index >= 15 is 0 Å². The van der Waals surface area contributed by atoms with Crippen LogP contribution < -0.4 is 20.7 Å². The fourth-order valence-electron chi connectivity index (χ4n) is 5.45. The van der Waals surface area contributed by atoms with E-state index in [4.69, 9.17) is 13.7 Å². The summed E-state index contributed by atoms with van der Waals surface area (Å²) in [6.07, 6.45) is 0.239. The fourth-order valence-corrected chi connectivity index (χ4v) is 11.2. The summed E-state index contributed by atoms with van der Waals surface area (Å²) in [7, 11) is -6.58. The van der Waals surface area contributed by atoms with E-state index in [1.165, 1.54) is 40.2 Å². The van der Waals surface area contributed by atoms with Crippen LogP contribution in [0.15, 0.2) is 150 Å². The summed E-state index contributed by atoms with van der Waals surface area (Å²) in [4.78, 5) is 12.4. The topological polar surface area (TPSA) is 99.1 Å². The Labute approximate surface area is 270 Å². The van der Waals surface area contributed by atoms with Crippen molar-refractivity contribution in [1.82, 2.24) is 0 Å². The van der Waals surface area contributed by atoms with Crippen molar-refractivity contribution >= 4 is 39.3 Å². The van der Waals surface area contributed by atoms with E-state index in [-0.39, 0.29) is 30.3 Å². The van der Waals surface area contributed by atoms with Crippen LogP contribution in [0.3, 0.4) is 0 Å². The summed E-state index contributed by atoms with van der Waals surface area (Å²) in [5.41, 5.74) is 0.152. The van der Waals surface area contributed by atoms with Crippen LogP contribution in [0.5, 0.6) is 5.75 Å². The Bertz CT molecular complexity index is 1670. The number of carbonyl (C=O) groups excluding carboxylic acids is 1. The summed E-state index contributed by atoms with van der Waals surface area (Å²) in [5.74, 6) is -0.0930. The van der Waals surface area contributed by atoms with E-state index in [9.17, 15) is 18.3 Å². The van der Waals surface area contributed by atoms with Gasteiger partial charge in [-0.2, -0.15) is 0 Å². The van der Waals surface area contributed by atoms with Gasteiger partial charge in [-0.1, -0.05) is 18.2 Å². The standard InChI is InChI=1S/C37H37O7PS/c38-31(28-42-32-14-5-1-6-15-32)29-43-37(39)30-22-24-36(25-23-30)46(40,41)44-26-13-27-45(33-16-7-2-8-17-33,34-18-9-3-10-19-34)35-20-11-4-12-21-35/h1-12,14-25,31,38,45H,13,26-29H2. The van der Waals surface area contributed by atoms with Gasteiger partial charge in [0.1, 0.15) is 18.5 Å². The molecule has 0 heterocycles. The number of hydrogen-bond acceptors (Lipinski definition) is 7. The normalized spacial score (nSPS) is 12.6. The third kappa shape index (κ3) is 8.27. The molecule has 0 aliphatic carbocycles. The third-order valence-electron chi connectivity index (χ3n) is 7.71. The molecule has 0 fully saturated rings. The first-order valence-electron chi connectivity index (χ1n) is 15.1. The van der Waals surface area contributed by atoms with Crippen molar-refractivity contribution in [3.05, 3.63) is 151 Å². The van der Waals surface area contributed by atoms with E-state index in [2.05, 4.69) is 36.4 Å². The van der Waals surface area contributed by atoms with Gasteiger partial charge in [0.25, 0.3) is 0 Å². The molecular weight excluding hydrogens is 619 g/mol. The molecule has 46 heavy (non-hydrogen) atoms. The summed E-state index contributed by atoms with van der Waals surface area (Å²) >= 11 is 0. The third-order valence-corrected chi connectivity index (χ3v) is 14.1. The van der Waals surface area contributed by atoms with Crippen LogP contribution >= 0.6 is 7.26 Å². The monoisotopic (exact) mass is 656 g/mol. The van der Waals surface area contributed by atoms with E-state index in [1.54, 1.807) is 12.1 Å². The quantitative estimate of drug-likeness (QED) is 0.0725. The summed E-state index contributed by atoms with van der Waals surface area (Å²) in [6, 6.07) is 45.6. The Morgan fingerprint density at radius 2 is 1.13 bits per heavy atom. The zero-order valence-electron chi connectivity index (χ0n) is 25.3. The minimum atomic E-state index is -4.07. The first kappa shape index (κ1) is 33.0. The SMILES string of the molecule is O=C(OCC(O)COc1ccccc1)c1ccc(S(=O)(=O)OCCC[PH](c2ccccc2)(c2ccccc2)c2ccccc2)cc1.